The maximum atomic E-state index is 13.3. The molecule has 3 rings (SSSR count). The minimum atomic E-state index is -0.490. The number of nitrogens with zero attached hydrogens (tertiary/aromatic N) is 2. The fourth-order valence-electron chi connectivity index (χ4n) is 3.58. The van der Waals surface area contributed by atoms with Crippen LogP contribution in [0.15, 0.2) is 54.6 Å². The fourth-order valence-corrected chi connectivity index (χ4v) is 3.76. The smallest absolute Gasteiger partial charge is 0.244 e. The van der Waals surface area contributed by atoms with Gasteiger partial charge in [-0.2, -0.15) is 0 Å². The Balaban J connectivity index is 1.74. The van der Waals surface area contributed by atoms with E-state index in [2.05, 4.69) is 5.32 Å². The van der Waals surface area contributed by atoms with Gasteiger partial charge in [-0.05, 0) is 44.0 Å². The van der Waals surface area contributed by atoms with Crippen molar-refractivity contribution in [1.29, 1.82) is 0 Å². The Kier molecular flexibility index (Phi) is 7.06. The van der Waals surface area contributed by atoms with Gasteiger partial charge < -0.3 is 10.2 Å². The number of carbonyl (C=O) groups is 2. The lowest BCUT2D eigenvalue weighted by atomic mass is 10.0. The zero-order valence-corrected chi connectivity index (χ0v) is 16.9. The van der Waals surface area contributed by atoms with Crippen LogP contribution in [0.4, 0.5) is 5.69 Å². The average Bonchev–Trinajstić information content (AvgIpc) is 2.71. The van der Waals surface area contributed by atoms with Gasteiger partial charge in [0, 0.05) is 13.1 Å². The second kappa shape index (κ2) is 9.71. The summed E-state index contributed by atoms with van der Waals surface area (Å²) in [5.41, 5.74) is 1.47. The number of likely N-dealkylation sites (N-methyl/N-ethyl adjacent to an activating group) is 1. The van der Waals surface area contributed by atoms with E-state index in [9.17, 15) is 9.59 Å². The standard InChI is InChI=1S/C22H26ClN3O2/c1-25(16-20(27)24-19-13-7-6-12-18(19)23)21(17-10-4-2-5-11-17)22(28)26-14-8-3-9-15-26/h2,4-7,10-13,21H,3,8-9,14-16H2,1H3,(H,24,27)/t21-/m1/s1. The molecule has 1 N–H and O–H groups in total. The van der Waals surface area contributed by atoms with Crippen LogP contribution in [0.1, 0.15) is 30.9 Å². The van der Waals surface area contributed by atoms with Crippen molar-refractivity contribution in [3.63, 3.8) is 0 Å². The van der Waals surface area contributed by atoms with E-state index in [0.29, 0.717) is 10.7 Å². The molecule has 2 aromatic rings. The first-order valence-corrected chi connectivity index (χ1v) is 10.0. The molecule has 0 aliphatic carbocycles. The molecule has 1 heterocycles. The lowest BCUT2D eigenvalue weighted by molar-refractivity contribution is -0.138. The van der Waals surface area contributed by atoms with Crippen molar-refractivity contribution in [3.8, 4) is 0 Å². The van der Waals surface area contributed by atoms with E-state index < -0.39 is 6.04 Å². The zero-order chi connectivity index (χ0) is 19.9. The number of nitrogens with one attached hydrogen (secondary N) is 1. The number of carbonyl (C=O) groups excluding carboxylic acids is 2. The Bertz CT molecular complexity index is 806. The summed E-state index contributed by atoms with van der Waals surface area (Å²) in [5, 5.41) is 3.32. The molecule has 6 heteroatoms. The molecule has 5 nitrogen and oxygen atoms in total. The minimum absolute atomic E-state index is 0.0546. The van der Waals surface area contributed by atoms with Crippen LogP contribution < -0.4 is 5.32 Å². The maximum absolute atomic E-state index is 13.3. The number of benzene rings is 2. The van der Waals surface area contributed by atoms with E-state index >= 15 is 0 Å². The number of piperidine rings is 1. The Morgan fingerprint density at radius 1 is 1.04 bits per heavy atom. The number of hydrogen-bond acceptors (Lipinski definition) is 3. The van der Waals surface area contributed by atoms with Crippen LogP contribution in [0, 0.1) is 0 Å². The van der Waals surface area contributed by atoms with Gasteiger partial charge in [-0.25, -0.2) is 0 Å². The summed E-state index contributed by atoms with van der Waals surface area (Å²) >= 11 is 6.13. The summed E-state index contributed by atoms with van der Waals surface area (Å²) in [6.07, 6.45) is 3.23. The van der Waals surface area contributed by atoms with Gasteiger partial charge in [0.15, 0.2) is 0 Å². The number of rotatable bonds is 6. The summed E-state index contributed by atoms with van der Waals surface area (Å²) < 4.78 is 0. The first kappa shape index (κ1) is 20.4. The molecule has 1 aliphatic rings. The van der Waals surface area contributed by atoms with Crippen molar-refractivity contribution in [2.45, 2.75) is 25.3 Å². The first-order chi connectivity index (χ1) is 13.6. The van der Waals surface area contributed by atoms with Crippen molar-refractivity contribution in [3.05, 3.63) is 65.2 Å². The van der Waals surface area contributed by atoms with Gasteiger partial charge in [0.2, 0.25) is 11.8 Å². The molecule has 0 spiro atoms. The molecule has 0 unspecified atom stereocenters. The van der Waals surface area contributed by atoms with E-state index in [1.807, 2.05) is 54.4 Å². The van der Waals surface area contributed by atoms with Gasteiger partial charge in [-0.15, -0.1) is 0 Å². The van der Waals surface area contributed by atoms with Gasteiger partial charge in [0.1, 0.15) is 6.04 Å². The van der Waals surface area contributed by atoms with Gasteiger partial charge in [0.05, 0.1) is 17.3 Å². The minimum Gasteiger partial charge on any atom is -0.341 e. The summed E-state index contributed by atoms with van der Waals surface area (Å²) in [6.45, 7) is 1.65. The molecule has 148 valence electrons. The van der Waals surface area contributed by atoms with Crippen LogP contribution in [-0.4, -0.2) is 48.3 Å². The maximum Gasteiger partial charge on any atom is 0.244 e. The Morgan fingerprint density at radius 2 is 1.68 bits per heavy atom. The van der Waals surface area contributed by atoms with Crippen molar-refractivity contribution < 1.29 is 9.59 Å². The summed E-state index contributed by atoms with van der Waals surface area (Å²) in [4.78, 5) is 29.6. The molecule has 0 aromatic heterocycles. The normalized spacial score (nSPS) is 15.3. The molecule has 1 fully saturated rings. The van der Waals surface area contributed by atoms with Crippen molar-refractivity contribution in [1.82, 2.24) is 9.80 Å². The van der Waals surface area contributed by atoms with E-state index in [0.717, 1.165) is 37.9 Å². The largest absolute Gasteiger partial charge is 0.341 e. The molecular weight excluding hydrogens is 374 g/mol. The number of para-hydroxylation sites is 1. The van der Waals surface area contributed by atoms with Crippen LogP contribution in [0.2, 0.25) is 5.02 Å². The van der Waals surface area contributed by atoms with Crippen LogP contribution in [0.5, 0.6) is 0 Å². The van der Waals surface area contributed by atoms with Crippen LogP contribution in [0.3, 0.4) is 0 Å². The molecule has 1 atom stereocenters. The summed E-state index contributed by atoms with van der Waals surface area (Å²) in [6, 6.07) is 16.3. The lowest BCUT2D eigenvalue weighted by Gasteiger charge is -2.34. The number of halogens is 1. The predicted molar refractivity (Wildman–Crippen MR) is 112 cm³/mol. The highest BCUT2D eigenvalue weighted by Gasteiger charge is 2.31. The van der Waals surface area contributed by atoms with Crippen LogP contribution in [-0.2, 0) is 9.59 Å². The van der Waals surface area contributed by atoms with Crippen molar-refractivity contribution in [2.24, 2.45) is 0 Å². The predicted octanol–water partition coefficient (Wildman–Crippen LogP) is 3.96. The quantitative estimate of drug-likeness (QED) is 0.799. The van der Waals surface area contributed by atoms with Crippen molar-refractivity contribution in [2.75, 3.05) is 32.0 Å². The first-order valence-electron chi connectivity index (χ1n) is 9.64. The Labute approximate surface area is 171 Å². The average molecular weight is 400 g/mol. The summed E-state index contributed by atoms with van der Waals surface area (Å²) in [7, 11) is 1.81. The zero-order valence-electron chi connectivity index (χ0n) is 16.1. The van der Waals surface area contributed by atoms with Gasteiger partial charge in [-0.3, -0.25) is 14.5 Å². The molecule has 0 bridgehead atoms. The third-order valence-corrected chi connectivity index (χ3v) is 5.33. The van der Waals surface area contributed by atoms with E-state index in [4.69, 9.17) is 11.6 Å². The van der Waals surface area contributed by atoms with Crippen molar-refractivity contribution >= 4 is 29.1 Å². The number of likely N-dealkylation sites (tertiary alicyclic amines) is 1. The summed E-state index contributed by atoms with van der Waals surface area (Å²) in [5.74, 6) is -0.151. The molecule has 2 amide bonds. The molecular formula is C22H26ClN3O2. The molecule has 1 saturated heterocycles. The van der Waals surface area contributed by atoms with E-state index in [-0.39, 0.29) is 18.4 Å². The molecule has 2 aromatic carbocycles. The Hall–Kier alpha value is -2.37. The van der Waals surface area contributed by atoms with Gasteiger partial charge in [-0.1, -0.05) is 54.1 Å². The fraction of sp³-hybridized carbons (Fsp3) is 0.364. The van der Waals surface area contributed by atoms with E-state index in [1.165, 1.54) is 0 Å². The van der Waals surface area contributed by atoms with Crippen LogP contribution >= 0.6 is 11.6 Å². The SMILES string of the molecule is CN(CC(=O)Nc1ccccc1Cl)[C@@H](C(=O)N1CCCCC1)c1ccccc1. The molecule has 0 radical (unpaired) electrons. The van der Waals surface area contributed by atoms with Gasteiger partial charge in [0.25, 0.3) is 0 Å². The third kappa shape index (κ3) is 5.12. The number of amides is 2. The highest BCUT2D eigenvalue weighted by molar-refractivity contribution is 6.33. The highest BCUT2D eigenvalue weighted by Crippen LogP contribution is 2.25. The third-order valence-electron chi connectivity index (χ3n) is 5.00. The number of anilines is 1. The van der Waals surface area contributed by atoms with Crippen LogP contribution in [0.25, 0.3) is 0 Å². The second-order valence-electron chi connectivity index (χ2n) is 7.14. The van der Waals surface area contributed by atoms with Gasteiger partial charge >= 0.3 is 0 Å². The Morgan fingerprint density at radius 3 is 2.36 bits per heavy atom. The van der Waals surface area contributed by atoms with E-state index in [1.54, 1.807) is 17.0 Å². The monoisotopic (exact) mass is 399 g/mol. The molecule has 0 saturated carbocycles. The topological polar surface area (TPSA) is 52.7 Å². The molecule has 28 heavy (non-hydrogen) atoms. The molecule has 1 aliphatic heterocycles. The highest BCUT2D eigenvalue weighted by atomic mass is 35.5. The lowest BCUT2D eigenvalue weighted by Crippen LogP contribution is -2.45. The number of hydrogen-bond donors (Lipinski definition) is 1. The second-order valence-corrected chi connectivity index (χ2v) is 7.55.